The smallest absolute Gasteiger partial charge is 0.282 e. The molecule has 19 heavy (non-hydrogen) atoms. The molecule has 0 bridgehead atoms. The molecule has 0 radical (unpaired) electrons. The first-order valence-electron chi connectivity index (χ1n) is 6.14. The van der Waals surface area contributed by atoms with Crippen LogP contribution in [0.1, 0.15) is 35.3 Å². The van der Waals surface area contributed by atoms with E-state index in [9.17, 15) is 4.79 Å². The zero-order valence-corrected chi connectivity index (χ0v) is 11.7. The summed E-state index contributed by atoms with van der Waals surface area (Å²) in [6.07, 6.45) is 0. The molecule has 0 aliphatic carbocycles. The van der Waals surface area contributed by atoms with Gasteiger partial charge >= 0.3 is 0 Å². The quantitative estimate of drug-likeness (QED) is 0.880. The number of hydrogen-bond acceptors (Lipinski definition) is 5. The van der Waals surface area contributed by atoms with Gasteiger partial charge in [-0.25, -0.2) is 0 Å². The number of benzene rings is 1. The standard InChI is InChI=1S/C13H16N4OS/c1-3-14-13-17-16-12(19-13)11(18)15-9(2)10-7-5-4-6-8-10/h4-9H,3H2,1-2H3,(H,14,17)(H,15,18). The minimum atomic E-state index is -0.196. The van der Waals surface area contributed by atoms with Gasteiger partial charge in [-0.3, -0.25) is 4.79 Å². The van der Waals surface area contributed by atoms with Crippen LogP contribution in [0.5, 0.6) is 0 Å². The van der Waals surface area contributed by atoms with Gasteiger partial charge in [-0.2, -0.15) is 0 Å². The summed E-state index contributed by atoms with van der Waals surface area (Å²) in [6, 6.07) is 9.76. The van der Waals surface area contributed by atoms with Gasteiger partial charge in [0.15, 0.2) is 0 Å². The first-order valence-corrected chi connectivity index (χ1v) is 6.95. The molecule has 2 rings (SSSR count). The van der Waals surface area contributed by atoms with Gasteiger partial charge in [0.25, 0.3) is 5.91 Å². The second kappa shape index (κ2) is 6.29. The molecule has 1 amide bonds. The van der Waals surface area contributed by atoms with Gasteiger partial charge in [0, 0.05) is 6.54 Å². The van der Waals surface area contributed by atoms with Gasteiger partial charge in [-0.15, -0.1) is 10.2 Å². The van der Waals surface area contributed by atoms with Crippen molar-refractivity contribution in [3.63, 3.8) is 0 Å². The highest BCUT2D eigenvalue weighted by molar-refractivity contribution is 7.17. The Balaban J connectivity index is 2.00. The van der Waals surface area contributed by atoms with Crippen molar-refractivity contribution in [2.24, 2.45) is 0 Å². The summed E-state index contributed by atoms with van der Waals surface area (Å²) < 4.78 is 0. The lowest BCUT2D eigenvalue weighted by molar-refractivity contribution is 0.0939. The lowest BCUT2D eigenvalue weighted by atomic mass is 10.1. The van der Waals surface area contributed by atoms with E-state index in [0.717, 1.165) is 12.1 Å². The Hall–Kier alpha value is -1.95. The van der Waals surface area contributed by atoms with Crippen molar-refractivity contribution in [2.75, 3.05) is 11.9 Å². The predicted octanol–water partition coefficient (Wildman–Crippen LogP) is 2.46. The van der Waals surface area contributed by atoms with Crippen LogP contribution in [0.4, 0.5) is 5.13 Å². The van der Waals surface area contributed by atoms with Crippen molar-refractivity contribution >= 4 is 22.4 Å². The Kier molecular flexibility index (Phi) is 4.46. The Labute approximate surface area is 116 Å². The summed E-state index contributed by atoms with van der Waals surface area (Å²) in [7, 11) is 0. The first-order chi connectivity index (χ1) is 9.20. The van der Waals surface area contributed by atoms with Crippen LogP contribution in [0.15, 0.2) is 30.3 Å². The van der Waals surface area contributed by atoms with Crippen LogP contribution >= 0.6 is 11.3 Å². The molecular formula is C13H16N4OS. The number of nitrogens with zero attached hydrogens (tertiary/aromatic N) is 2. The lowest BCUT2D eigenvalue weighted by Crippen LogP contribution is -2.26. The van der Waals surface area contributed by atoms with Gasteiger partial charge in [0.05, 0.1) is 6.04 Å². The fraction of sp³-hybridized carbons (Fsp3) is 0.308. The Bertz CT molecular complexity index is 541. The summed E-state index contributed by atoms with van der Waals surface area (Å²) in [4.78, 5) is 12.0. The summed E-state index contributed by atoms with van der Waals surface area (Å²) >= 11 is 1.26. The van der Waals surface area contributed by atoms with Crippen LogP contribution in [-0.4, -0.2) is 22.6 Å². The largest absolute Gasteiger partial charge is 0.360 e. The molecule has 1 heterocycles. The Morgan fingerprint density at radius 3 is 2.74 bits per heavy atom. The fourth-order valence-corrected chi connectivity index (χ4v) is 2.34. The average Bonchev–Trinajstić information content (AvgIpc) is 2.89. The number of carbonyl (C=O) groups is 1. The Morgan fingerprint density at radius 1 is 1.32 bits per heavy atom. The first kappa shape index (κ1) is 13.5. The number of nitrogens with one attached hydrogen (secondary N) is 2. The third-order valence-corrected chi connectivity index (χ3v) is 3.47. The fourth-order valence-electron chi connectivity index (χ4n) is 1.62. The number of amides is 1. The van der Waals surface area contributed by atoms with Gasteiger partial charge in [-0.1, -0.05) is 41.7 Å². The summed E-state index contributed by atoms with van der Waals surface area (Å²) in [5.41, 5.74) is 1.06. The van der Waals surface area contributed by atoms with E-state index in [-0.39, 0.29) is 11.9 Å². The zero-order chi connectivity index (χ0) is 13.7. The SMILES string of the molecule is CCNc1nnc(C(=O)NC(C)c2ccccc2)s1. The van der Waals surface area contributed by atoms with Crippen molar-refractivity contribution in [3.05, 3.63) is 40.9 Å². The number of anilines is 1. The molecule has 0 spiro atoms. The van der Waals surface area contributed by atoms with E-state index in [1.54, 1.807) is 0 Å². The number of rotatable bonds is 5. The molecule has 1 aromatic carbocycles. The molecule has 1 atom stereocenters. The third-order valence-electron chi connectivity index (χ3n) is 2.59. The lowest BCUT2D eigenvalue weighted by Gasteiger charge is -2.12. The van der Waals surface area contributed by atoms with Crippen molar-refractivity contribution < 1.29 is 4.79 Å². The van der Waals surface area contributed by atoms with E-state index in [2.05, 4.69) is 20.8 Å². The highest BCUT2D eigenvalue weighted by atomic mass is 32.1. The van der Waals surface area contributed by atoms with Crippen molar-refractivity contribution in [2.45, 2.75) is 19.9 Å². The second-order valence-corrected chi connectivity index (χ2v) is 5.03. The van der Waals surface area contributed by atoms with E-state index in [1.165, 1.54) is 11.3 Å². The van der Waals surface area contributed by atoms with Crippen LogP contribution in [0, 0.1) is 0 Å². The second-order valence-electron chi connectivity index (χ2n) is 4.05. The highest BCUT2D eigenvalue weighted by Gasteiger charge is 2.15. The molecule has 2 aromatic rings. The molecule has 0 saturated carbocycles. The number of aromatic nitrogens is 2. The monoisotopic (exact) mass is 276 g/mol. The molecule has 0 aliphatic heterocycles. The zero-order valence-electron chi connectivity index (χ0n) is 10.9. The molecule has 0 fully saturated rings. The topological polar surface area (TPSA) is 66.9 Å². The molecule has 6 heteroatoms. The number of carbonyl (C=O) groups excluding carboxylic acids is 1. The maximum Gasteiger partial charge on any atom is 0.282 e. The van der Waals surface area contributed by atoms with Gasteiger partial charge in [0.1, 0.15) is 0 Å². The van der Waals surface area contributed by atoms with Crippen LogP contribution in [0.3, 0.4) is 0 Å². The molecule has 0 saturated heterocycles. The summed E-state index contributed by atoms with van der Waals surface area (Å²) in [5, 5.41) is 14.8. The van der Waals surface area contributed by atoms with Crippen LogP contribution in [-0.2, 0) is 0 Å². The predicted molar refractivity (Wildman–Crippen MR) is 76.4 cm³/mol. The van der Waals surface area contributed by atoms with Gasteiger partial charge in [-0.05, 0) is 19.4 Å². The van der Waals surface area contributed by atoms with E-state index >= 15 is 0 Å². The van der Waals surface area contributed by atoms with Crippen molar-refractivity contribution in [1.82, 2.24) is 15.5 Å². The van der Waals surface area contributed by atoms with Gasteiger partial charge < -0.3 is 10.6 Å². The van der Waals surface area contributed by atoms with Gasteiger partial charge in [0.2, 0.25) is 10.1 Å². The van der Waals surface area contributed by atoms with Crippen molar-refractivity contribution in [3.8, 4) is 0 Å². The normalized spacial score (nSPS) is 11.9. The van der Waals surface area contributed by atoms with E-state index in [0.29, 0.717) is 10.1 Å². The summed E-state index contributed by atoms with van der Waals surface area (Å²) in [6.45, 7) is 4.68. The van der Waals surface area contributed by atoms with Crippen molar-refractivity contribution in [1.29, 1.82) is 0 Å². The molecule has 2 N–H and O–H groups in total. The highest BCUT2D eigenvalue weighted by Crippen LogP contribution is 2.17. The van der Waals surface area contributed by atoms with Crippen LogP contribution in [0.25, 0.3) is 0 Å². The molecular weight excluding hydrogens is 260 g/mol. The van der Waals surface area contributed by atoms with E-state index in [4.69, 9.17) is 0 Å². The molecule has 1 aromatic heterocycles. The third kappa shape index (κ3) is 3.51. The molecule has 1 unspecified atom stereocenters. The van der Waals surface area contributed by atoms with E-state index < -0.39 is 0 Å². The van der Waals surface area contributed by atoms with Crippen LogP contribution < -0.4 is 10.6 Å². The number of hydrogen-bond donors (Lipinski definition) is 2. The molecule has 0 aliphatic rings. The summed E-state index contributed by atoms with van der Waals surface area (Å²) in [5.74, 6) is -0.196. The maximum absolute atomic E-state index is 12.0. The minimum absolute atomic E-state index is 0.0554. The van der Waals surface area contributed by atoms with E-state index in [1.807, 2.05) is 44.2 Å². The Morgan fingerprint density at radius 2 is 2.05 bits per heavy atom. The average molecular weight is 276 g/mol. The molecule has 100 valence electrons. The minimum Gasteiger partial charge on any atom is -0.360 e. The maximum atomic E-state index is 12.0. The van der Waals surface area contributed by atoms with Crippen LogP contribution in [0.2, 0.25) is 0 Å². The molecule has 5 nitrogen and oxygen atoms in total.